The highest BCUT2D eigenvalue weighted by Gasteiger charge is 2.23. The summed E-state index contributed by atoms with van der Waals surface area (Å²) >= 11 is 0. The smallest absolute Gasteiger partial charge is 0.342 e. The lowest BCUT2D eigenvalue weighted by Gasteiger charge is -2.20. The van der Waals surface area contributed by atoms with E-state index < -0.39 is 11.6 Å². The van der Waals surface area contributed by atoms with Crippen molar-refractivity contribution in [3.05, 3.63) is 59.4 Å². The number of carbonyl (C=O) groups excluding carboxylic acids is 1. The Bertz CT molecular complexity index is 1550. The normalized spacial score (nSPS) is 11.0. The number of guanidine groups is 1. The molecule has 2 heterocycles. The molecule has 37 heavy (non-hydrogen) atoms. The van der Waals surface area contributed by atoms with Gasteiger partial charge in [0.1, 0.15) is 34.0 Å². The molecule has 12 nitrogen and oxygen atoms in total. The molecule has 2 aromatic carbocycles. The van der Waals surface area contributed by atoms with Gasteiger partial charge in [0.15, 0.2) is 11.6 Å². The summed E-state index contributed by atoms with van der Waals surface area (Å²) in [5.41, 5.74) is 6.23. The van der Waals surface area contributed by atoms with Crippen molar-refractivity contribution in [2.24, 2.45) is 5.73 Å². The largest absolute Gasteiger partial charge is 0.456 e. The van der Waals surface area contributed by atoms with E-state index in [1.807, 2.05) is 6.07 Å². The van der Waals surface area contributed by atoms with Crippen LogP contribution in [-0.2, 0) is 4.74 Å². The number of aromatic nitrogens is 4. The van der Waals surface area contributed by atoms with E-state index in [0.29, 0.717) is 22.8 Å². The van der Waals surface area contributed by atoms with Crippen molar-refractivity contribution in [2.75, 3.05) is 5.32 Å². The van der Waals surface area contributed by atoms with Crippen molar-refractivity contribution in [1.29, 1.82) is 10.7 Å². The number of aryl methyl sites for hydroxylation is 1. The first-order valence-corrected chi connectivity index (χ1v) is 11.1. The predicted molar refractivity (Wildman–Crippen MR) is 135 cm³/mol. The molecule has 0 radical (unpaired) electrons. The van der Waals surface area contributed by atoms with E-state index in [0.717, 1.165) is 0 Å². The van der Waals surface area contributed by atoms with Crippen LogP contribution in [-0.4, -0.2) is 37.5 Å². The first kappa shape index (κ1) is 24.9. The van der Waals surface area contributed by atoms with E-state index in [1.165, 1.54) is 18.2 Å². The van der Waals surface area contributed by atoms with Crippen LogP contribution in [0, 0.1) is 23.7 Å². The monoisotopic (exact) mass is 500 g/mol. The van der Waals surface area contributed by atoms with Gasteiger partial charge in [0.05, 0.1) is 11.6 Å². The molecule has 0 unspecified atom stereocenters. The number of ether oxygens (including phenoxy) is 3. The molecule has 0 atom stereocenters. The summed E-state index contributed by atoms with van der Waals surface area (Å²) in [6.07, 6.45) is 0. The number of carbonyl (C=O) groups is 1. The molecule has 0 aliphatic rings. The lowest BCUT2D eigenvalue weighted by molar-refractivity contribution is 0.00671. The van der Waals surface area contributed by atoms with Gasteiger partial charge in [-0.05, 0) is 58.0 Å². The molecule has 4 rings (SSSR count). The minimum absolute atomic E-state index is 0.0264. The van der Waals surface area contributed by atoms with Gasteiger partial charge in [-0.2, -0.15) is 15.2 Å². The van der Waals surface area contributed by atoms with Crippen LogP contribution in [0.1, 0.15) is 42.5 Å². The lowest BCUT2D eigenvalue weighted by Crippen LogP contribution is -2.24. The van der Waals surface area contributed by atoms with Gasteiger partial charge >= 0.3 is 12.0 Å². The van der Waals surface area contributed by atoms with Crippen molar-refractivity contribution in [1.82, 2.24) is 19.9 Å². The molecule has 0 saturated heterocycles. The Morgan fingerprint density at radius 1 is 1.14 bits per heavy atom. The minimum Gasteiger partial charge on any atom is -0.456 e. The van der Waals surface area contributed by atoms with E-state index >= 15 is 0 Å². The van der Waals surface area contributed by atoms with Crippen LogP contribution in [0.5, 0.6) is 23.4 Å². The number of nitrogens with one attached hydrogen (secondary N) is 3. The molecule has 0 amide bonds. The number of anilines is 1. The minimum atomic E-state index is -0.738. The van der Waals surface area contributed by atoms with Gasteiger partial charge in [0.2, 0.25) is 0 Å². The Morgan fingerprint density at radius 2 is 1.92 bits per heavy atom. The summed E-state index contributed by atoms with van der Waals surface area (Å²) in [5.74, 6) is 0.168. The SMILES string of the molecule is Cc1nc2nc(Oc3cccc(NC(=N)N)c3)nc(Oc3cc(C#N)ccc3C(=O)OC(C)(C)C)c2[nH]1. The Balaban J connectivity index is 1.75. The van der Waals surface area contributed by atoms with Crippen molar-refractivity contribution >= 4 is 28.8 Å². The topological polar surface area (TPSA) is 185 Å². The number of aromatic amines is 1. The van der Waals surface area contributed by atoms with Crippen LogP contribution in [0.25, 0.3) is 11.2 Å². The maximum Gasteiger partial charge on any atom is 0.342 e. The standard InChI is InChI=1S/C25H24N8O4/c1-13-29-19-20(30-13)32-24(35-16-7-5-6-15(11-16)31-23(27)28)33-21(19)36-18-10-14(12-26)8-9-17(18)22(34)37-25(2,3)4/h5-11H,1-4H3,(H4,27,28,31)(H,29,30,32,33). The number of hydrogen-bond donors (Lipinski definition) is 4. The summed E-state index contributed by atoms with van der Waals surface area (Å²) in [4.78, 5) is 29.0. The maximum atomic E-state index is 12.9. The third-order valence-corrected chi connectivity index (χ3v) is 4.67. The number of rotatable bonds is 6. The van der Waals surface area contributed by atoms with Crippen molar-refractivity contribution in [2.45, 2.75) is 33.3 Å². The summed E-state index contributed by atoms with van der Waals surface area (Å²) < 4.78 is 17.4. The Hall–Kier alpha value is -5.18. The van der Waals surface area contributed by atoms with E-state index in [-0.39, 0.29) is 40.4 Å². The zero-order valence-electron chi connectivity index (χ0n) is 20.5. The molecular formula is C25H24N8O4. The van der Waals surface area contributed by atoms with Gasteiger partial charge < -0.3 is 30.2 Å². The number of nitriles is 1. The highest BCUT2D eigenvalue weighted by Crippen LogP contribution is 2.33. The number of nitrogens with zero attached hydrogens (tertiary/aromatic N) is 4. The fraction of sp³-hybridized carbons (Fsp3) is 0.200. The molecule has 188 valence electrons. The van der Waals surface area contributed by atoms with Crippen LogP contribution >= 0.6 is 0 Å². The second kappa shape index (κ2) is 9.82. The van der Waals surface area contributed by atoms with Crippen molar-refractivity contribution < 1.29 is 19.0 Å². The van der Waals surface area contributed by atoms with E-state index in [2.05, 4.69) is 25.3 Å². The molecule has 0 bridgehead atoms. The molecule has 0 saturated carbocycles. The second-order valence-corrected chi connectivity index (χ2v) is 8.93. The van der Waals surface area contributed by atoms with Crippen LogP contribution in [0.3, 0.4) is 0 Å². The van der Waals surface area contributed by atoms with Gasteiger partial charge in [0, 0.05) is 11.8 Å². The fourth-order valence-electron chi connectivity index (χ4n) is 3.27. The van der Waals surface area contributed by atoms with Crippen LogP contribution in [0.15, 0.2) is 42.5 Å². The number of hydrogen-bond acceptors (Lipinski definition) is 9. The average molecular weight is 501 g/mol. The van der Waals surface area contributed by atoms with Gasteiger partial charge in [-0.1, -0.05) is 6.07 Å². The Morgan fingerprint density at radius 3 is 2.62 bits per heavy atom. The molecule has 0 spiro atoms. The van der Waals surface area contributed by atoms with Gasteiger partial charge in [-0.15, -0.1) is 0 Å². The fourth-order valence-corrected chi connectivity index (χ4v) is 3.27. The number of benzene rings is 2. The zero-order valence-corrected chi connectivity index (χ0v) is 20.5. The van der Waals surface area contributed by atoms with E-state index in [9.17, 15) is 10.1 Å². The molecule has 0 aliphatic heterocycles. The van der Waals surface area contributed by atoms with Gasteiger partial charge in [0.25, 0.3) is 5.88 Å². The molecule has 0 fully saturated rings. The second-order valence-electron chi connectivity index (χ2n) is 8.93. The first-order valence-electron chi connectivity index (χ1n) is 11.1. The van der Waals surface area contributed by atoms with Crippen LogP contribution < -0.4 is 20.5 Å². The molecule has 0 aliphatic carbocycles. The van der Waals surface area contributed by atoms with E-state index in [4.69, 9.17) is 25.4 Å². The van der Waals surface area contributed by atoms with Crippen LogP contribution in [0.2, 0.25) is 0 Å². The molecule has 2 aromatic heterocycles. The lowest BCUT2D eigenvalue weighted by atomic mass is 10.1. The zero-order chi connectivity index (χ0) is 26.7. The highest BCUT2D eigenvalue weighted by molar-refractivity contribution is 5.93. The molecule has 12 heteroatoms. The Labute approximate surface area is 211 Å². The number of esters is 1. The van der Waals surface area contributed by atoms with Crippen molar-refractivity contribution in [3.8, 4) is 29.5 Å². The third-order valence-electron chi connectivity index (χ3n) is 4.67. The number of fused-ring (bicyclic) bond motifs is 1. The summed E-state index contributed by atoms with van der Waals surface area (Å²) in [6, 6.07) is 13.0. The highest BCUT2D eigenvalue weighted by atomic mass is 16.6. The Kier molecular flexibility index (Phi) is 6.62. The summed E-state index contributed by atoms with van der Waals surface area (Å²) in [6.45, 7) is 6.99. The van der Waals surface area contributed by atoms with Crippen LogP contribution in [0.4, 0.5) is 5.69 Å². The number of H-pyrrole nitrogens is 1. The average Bonchev–Trinajstić information content (AvgIpc) is 3.18. The quantitative estimate of drug-likeness (QED) is 0.168. The number of nitrogens with two attached hydrogens (primary N) is 1. The van der Waals surface area contributed by atoms with Gasteiger partial charge in [-0.3, -0.25) is 5.41 Å². The maximum absolute atomic E-state index is 12.9. The number of imidazole rings is 1. The third kappa shape index (κ3) is 6.09. The van der Waals surface area contributed by atoms with Crippen molar-refractivity contribution in [3.63, 3.8) is 0 Å². The summed E-state index contributed by atoms with van der Waals surface area (Å²) in [5, 5.41) is 19.5. The summed E-state index contributed by atoms with van der Waals surface area (Å²) in [7, 11) is 0. The molecule has 5 N–H and O–H groups in total. The predicted octanol–water partition coefficient (Wildman–Crippen LogP) is 4.38. The van der Waals surface area contributed by atoms with E-state index in [1.54, 1.807) is 52.0 Å². The molecular weight excluding hydrogens is 476 g/mol. The van der Waals surface area contributed by atoms with Gasteiger partial charge in [-0.25, -0.2) is 9.78 Å². The molecule has 4 aromatic rings. The first-order chi connectivity index (χ1) is 17.5.